The normalized spacial score (nSPS) is 10.6. The van der Waals surface area contributed by atoms with E-state index in [2.05, 4.69) is 48.6 Å². The van der Waals surface area contributed by atoms with E-state index < -0.39 is 0 Å². The summed E-state index contributed by atoms with van der Waals surface area (Å²) in [5.74, 6) is 0.0342. The second-order valence-corrected chi connectivity index (χ2v) is 4.96. The van der Waals surface area contributed by atoms with E-state index in [1.165, 1.54) is 28.3 Å². The third kappa shape index (κ3) is 3.57. The highest BCUT2D eigenvalue weighted by molar-refractivity contribution is 5.86. The summed E-state index contributed by atoms with van der Waals surface area (Å²) in [4.78, 5) is 10.9. The molecule has 1 N–H and O–H groups in total. The van der Waals surface area contributed by atoms with E-state index in [1.807, 2.05) is 0 Å². The maximum atomic E-state index is 10.9. The van der Waals surface area contributed by atoms with Gasteiger partial charge in [0.2, 0.25) is 5.91 Å². The molecule has 2 aromatic rings. The number of benzene rings is 2. The first-order chi connectivity index (χ1) is 9.20. The highest BCUT2D eigenvalue weighted by Crippen LogP contribution is 2.21. The predicted octanol–water partition coefficient (Wildman–Crippen LogP) is 3.47. The molecule has 0 heterocycles. The molecule has 0 aromatic heterocycles. The van der Waals surface area contributed by atoms with Crippen molar-refractivity contribution < 1.29 is 4.79 Å². The Morgan fingerprint density at radius 2 is 2.00 bits per heavy atom. The van der Waals surface area contributed by atoms with Crippen molar-refractivity contribution in [1.82, 2.24) is 5.32 Å². The standard InChI is InChI=1S/C17H21NO/c1-3-5-14-8-9-15-6-4-7-16(17(15)12-14)10-11-18-13(2)19/h4,6-9,12H,3,5,10-11H2,1-2H3,(H,18,19). The Bertz CT molecular complexity index is 574. The quantitative estimate of drug-likeness (QED) is 0.871. The highest BCUT2D eigenvalue weighted by Gasteiger charge is 2.02. The summed E-state index contributed by atoms with van der Waals surface area (Å²) in [7, 11) is 0. The maximum absolute atomic E-state index is 10.9. The fourth-order valence-electron chi connectivity index (χ4n) is 2.42. The van der Waals surface area contributed by atoms with Crippen LogP contribution in [0.5, 0.6) is 0 Å². The maximum Gasteiger partial charge on any atom is 0.216 e. The molecule has 0 unspecified atom stereocenters. The highest BCUT2D eigenvalue weighted by atomic mass is 16.1. The topological polar surface area (TPSA) is 29.1 Å². The molecule has 100 valence electrons. The molecule has 0 aliphatic carbocycles. The molecule has 1 amide bonds. The first-order valence-corrected chi connectivity index (χ1v) is 6.95. The molecule has 0 saturated heterocycles. The number of carbonyl (C=O) groups is 1. The number of aryl methyl sites for hydroxylation is 1. The second-order valence-electron chi connectivity index (χ2n) is 4.96. The Kier molecular flexibility index (Phi) is 4.56. The van der Waals surface area contributed by atoms with Gasteiger partial charge >= 0.3 is 0 Å². The summed E-state index contributed by atoms with van der Waals surface area (Å²) in [5.41, 5.74) is 2.70. The average molecular weight is 255 g/mol. The van der Waals surface area contributed by atoms with Crippen molar-refractivity contribution in [2.75, 3.05) is 6.54 Å². The van der Waals surface area contributed by atoms with Gasteiger partial charge in [-0.15, -0.1) is 0 Å². The van der Waals surface area contributed by atoms with Crippen molar-refractivity contribution in [3.05, 3.63) is 47.5 Å². The van der Waals surface area contributed by atoms with Crippen LogP contribution in [0.25, 0.3) is 10.8 Å². The molecule has 2 rings (SSSR count). The fraction of sp³-hybridized carbons (Fsp3) is 0.353. The smallest absolute Gasteiger partial charge is 0.216 e. The minimum absolute atomic E-state index is 0.0342. The lowest BCUT2D eigenvalue weighted by atomic mass is 9.98. The number of hydrogen-bond acceptors (Lipinski definition) is 1. The van der Waals surface area contributed by atoms with Crippen LogP contribution >= 0.6 is 0 Å². The number of fused-ring (bicyclic) bond motifs is 1. The summed E-state index contributed by atoms with van der Waals surface area (Å²) in [6.07, 6.45) is 3.17. The predicted molar refractivity (Wildman–Crippen MR) is 80.3 cm³/mol. The van der Waals surface area contributed by atoms with E-state index in [1.54, 1.807) is 6.92 Å². The van der Waals surface area contributed by atoms with Crippen molar-refractivity contribution >= 4 is 16.7 Å². The SMILES string of the molecule is CCCc1ccc2cccc(CCNC(C)=O)c2c1. The van der Waals surface area contributed by atoms with E-state index in [-0.39, 0.29) is 5.91 Å². The number of carbonyl (C=O) groups excluding carboxylic acids is 1. The van der Waals surface area contributed by atoms with E-state index in [9.17, 15) is 4.79 Å². The van der Waals surface area contributed by atoms with Gasteiger partial charge < -0.3 is 5.32 Å². The number of rotatable bonds is 5. The average Bonchev–Trinajstić information content (AvgIpc) is 2.39. The van der Waals surface area contributed by atoms with Gasteiger partial charge in [0, 0.05) is 13.5 Å². The van der Waals surface area contributed by atoms with Crippen LogP contribution in [-0.2, 0) is 17.6 Å². The number of nitrogens with one attached hydrogen (secondary N) is 1. The van der Waals surface area contributed by atoms with Crippen LogP contribution in [0.1, 0.15) is 31.4 Å². The van der Waals surface area contributed by atoms with E-state index in [0.29, 0.717) is 6.54 Å². The van der Waals surface area contributed by atoms with Gasteiger partial charge in [0.25, 0.3) is 0 Å². The van der Waals surface area contributed by atoms with Gasteiger partial charge in [-0.05, 0) is 34.7 Å². The molecule has 0 bridgehead atoms. The molecule has 2 nitrogen and oxygen atoms in total. The molecular formula is C17H21NO. The molecule has 2 heteroatoms. The lowest BCUT2D eigenvalue weighted by Gasteiger charge is -2.09. The van der Waals surface area contributed by atoms with Gasteiger partial charge in [-0.1, -0.05) is 49.7 Å². The van der Waals surface area contributed by atoms with Crippen LogP contribution in [0.2, 0.25) is 0 Å². The Labute approximate surface area is 114 Å². The van der Waals surface area contributed by atoms with Crippen molar-refractivity contribution in [3.63, 3.8) is 0 Å². The number of hydrogen-bond donors (Lipinski definition) is 1. The van der Waals surface area contributed by atoms with Crippen molar-refractivity contribution in [1.29, 1.82) is 0 Å². The lowest BCUT2D eigenvalue weighted by molar-refractivity contribution is -0.118. The fourth-order valence-corrected chi connectivity index (χ4v) is 2.42. The largest absolute Gasteiger partial charge is 0.356 e. The molecule has 0 radical (unpaired) electrons. The zero-order chi connectivity index (χ0) is 13.7. The molecule has 0 aliphatic rings. The van der Waals surface area contributed by atoms with Crippen molar-refractivity contribution in [2.45, 2.75) is 33.1 Å². The van der Waals surface area contributed by atoms with Crippen molar-refractivity contribution in [3.8, 4) is 0 Å². The lowest BCUT2D eigenvalue weighted by Crippen LogP contribution is -2.22. The minimum atomic E-state index is 0.0342. The van der Waals surface area contributed by atoms with Gasteiger partial charge in [-0.2, -0.15) is 0 Å². The van der Waals surface area contributed by atoms with E-state index >= 15 is 0 Å². The molecule has 0 saturated carbocycles. The van der Waals surface area contributed by atoms with Crippen LogP contribution in [-0.4, -0.2) is 12.5 Å². The zero-order valence-corrected chi connectivity index (χ0v) is 11.7. The Morgan fingerprint density at radius 3 is 2.74 bits per heavy atom. The Hall–Kier alpha value is -1.83. The van der Waals surface area contributed by atoms with Gasteiger partial charge in [-0.3, -0.25) is 4.79 Å². The van der Waals surface area contributed by atoms with Gasteiger partial charge in [-0.25, -0.2) is 0 Å². The molecular weight excluding hydrogens is 234 g/mol. The first-order valence-electron chi connectivity index (χ1n) is 6.95. The Balaban J connectivity index is 2.26. The van der Waals surface area contributed by atoms with Crippen LogP contribution in [0.4, 0.5) is 0 Å². The van der Waals surface area contributed by atoms with Crippen LogP contribution in [0.3, 0.4) is 0 Å². The van der Waals surface area contributed by atoms with Crippen LogP contribution in [0.15, 0.2) is 36.4 Å². The summed E-state index contributed by atoms with van der Waals surface area (Å²) < 4.78 is 0. The zero-order valence-electron chi connectivity index (χ0n) is 11.7. The third-order valence-electron chi connectivity index (χ3n) is 3.34. The summed E-state index contributed by atoms with van der Waals surface area (Å²) in [6, 6.07) is 13.1. The summed E-state index contributed by atoms with van der Waals surface area (Å²) >= 11 is 0. The monoisotopic (exact) mass is 255 g/mol. The van der Waals surface area contributed by atoms with Crippen LogP contribution in [0, 0.1) is 0 Å². The molecule has 0 aliphatic heterocycles. The number of amides is 1. The first kappa shape index (κ1) is 13.6. The molecule has 0 atom stereocenters. The molecule has 19 heavy (non-hydrogen) atoms. The van der Waals surface area contributed by atoms with Crippen LogP contribution < -0.4 is 5.32 Å². The Morgan fingerprint density at radius 1 is 1.16 bits per heavy atom. The molecule has 0 fully saturated rings. The molecule has 0 spiro atoms. The van der Waals surface area contributed by atoms with Gasteiger partial charge in [0.15, 0.2) is 0 Å². The van der Waals surface area contributed by atoms with Gasteiger partial charge in [0.05, 0.1) is 0 Å². The van der Waals surface area contributed by atoms with Crippen molar-refractivity contribution in [2.24, 2.45) is 0 Å². The summed E-state index contributed by atoms with van der Waals surface area (Å²) in [6.45, 7) is 4.46. The second kappa shape index (κ2) is 6.37. The third-order valence-corrected chi connectivity index (χ3v) is 3.34. The summed E-state index contributed by atoms with van der Waals surface area (Å²) in [5, 5.41) is 5.46. The van der Waals surface area contributed by atoms with E-state index in [0.717, 1.165) is 12.8 Å². The van der Waals surface area contributed by atoms with E-state index in [4.69, 9.17) is 0 Å². The molecule has 2 aromatic carbocycles. The minimum Gasteiger partial charge on any atom is -0.356 e. The van der Waals surface area contributed by atoms with Gasteiger partial charge in [0.1, 0.15) is 0 Å².